The van der Waals surface area contributed by atoms with Crippen molar-refractivity contribution in [3.63, 3.8) is 0 Å². The number of amides is 2. The van der Waals surface area contributed by atoms with E-state index < -0.39 is 23.8 Å². The molecule has 28 heavy (non-hydrogen) atoms. The Bertz CT molecular complexity index is 941. The van der Waals surface area contributed by atoms with Crippen molar-refractivity contribution in [2.45, 2.75) is 32.9 Å². The Balaban J connectivity index is 1.85. The average Bonchev–Trinajstić information content (AvgIpc) is 2.98. The van der Waals surface area contributed by atoms with Gasteiger partial charge in [-0.1, -0.05) is 50.6 Å². The van der Waals surface area contributed by atoms with Crippen LogP contribution in [-0.2, 0) is 16.1 Å². The first-order valence-electron chi connectivity index (χ1n) is 9.11. The number of carbonyl (C=O) groups is 3. The maximum Gasteiger partial charge on any atom is 0.329 e. The summed E-state index contributed by atoms with van der Waals surface area (Å²) in [7, 11) is 0. The number of rotatable bonds is 6. The molecule has 1 heterocycles. The van der Waals surface area contributed by atoms with Gasteiger partial charge >= 0.3 is 5.97 Å². The topological polar surface area (TPSA) is 87.5 Å². The highest BCUT2D eigenvalue weighted by molar-refractivity contribution is 6.22. The van der Waals surface area contributed by atoms with Crippen LogP contribution in [0.3, 0.4) is 0 Å². The van der Waals surface area contributed by atoms with Crippen molar-refractivity contribution >= 4 is 17.8 Å². The van der Waals surface area contributed by atoms with Crippen LogP contribution < -0.4 is 0 Å². The van der Waals surface area contributed by atoms with Crippen LogP contribution in [-0.4, -0.2) is 28.7 Å². The Morgan fingerprint density at radius 2 is 1.64 bits per heavy atom. The summed E-state index contributed by atoms with van der Waals surface area (Å²) in [4.78, 5) is 39.5. The summed E-state index contributed by atoms with van der Waals surface area (Å²) in [5.74, 6) is -1.90. The number of fused-ring (bicyclic) bond motifs is 1. The molecule has 6 nitrogen and oxygen atoms in total. The first-order chi connectivity index (χ1) is 13.5. The molecule has 0 N–H and O–H groups in total. The van der Waals surface area contributed by atoms with Crippen LogP contribution in [0.1, 0.15) is 52.1 Å². The van der Waals surface area contributed by atoms with Crippen LogP contribution in [0.25, 0.3) is 0 Å². The lowest BCUT2D eigenvalue weighted by Crippen LogP contribution is -2.49. The zero-order valence-corrected chi connectivity index (χ0v) is 15.7. The number of nitrogens with zero attached hydrogens (tertiary/aromatic N) is 2. The number of hydrogen-bond donors (Lipinski definition) is 0. The molecule has 3 rings (SSSR count). The van der Waals surface area contributed by atoms with E-state index in [1.807, 2.05) is 6.92 Å². The Morgan fingerprint density at radius 3 is 2.21 bits per heavy atom. The number of imide groups is 1. The molecule has 6 heteroatoms. The van der Waals surface area contributed by atoms with Crippen LogP contribution >= 0.6 is 0 Å². The second-order valence-electron chi connectivity index (χ2n) is 6.73. The van der Waals surface area contributed by atoms with Gasteiger partial charge in [0.2, 0.25) is 0 Å². The van der Waals surface area contributed by atoms with Gasteiger partial charge in [-0.15, -0.1) is 0 Å². The predicted molar refractivity (Wildman–Crippen MR) is 101 cm³/mol. The van der Waals surface area contributed by atoms with Gasteiger partial charge < -0.3 is 4.74 Å². The third kappa shape index (κ3) is 3.39. The van der Waals surface area contributed by atoms with Crippen molar-refractivity contribution in [1.29, 1.82) is 5.26 Å². The summed E-state index contributed by atoms with van der Waals surface area (Å²) >= 11 is 0. The Labute approximate surface area is 163 Å². The standard InChI is InChI=1S/C22H20N2O4/c1-3-14(2)19(22(27)28-13-16-9-5-4-8-15(16)12-23)24-20(25)17-10-6-7-11-18(17)21(24)26/h4-11,14,19H,3,13H2,1-2H3/t14-,19-/m0/s1. The summed E-state index contributed by atoms with van der Waals surface area (Å²) in [6.45, 7) is 3.59. The smallest absolute Gasteiger partial charge is 0.329 e. The number of benzene rings is 2. The summed E-state index contributed by atoms with van der Waals surface area (Å²) in [5.41, 5.74) is 1.58. The second kappa shape index (κ2) is 8.05. The van der Waals surface area contributed by atoms with Crippen LogP contribution in [0, 0.1) is 17.2 Å². The molecule has 2 aromatic carbocycles. The molecular formula is C22H20N2O4. The number of esters is 1. The lowest BCUT2D eigenvalue weighted by Gasteiger charge is -2.29. The molecule has 0 saturated heterocycles. The summed E-state index contributed by atoms with van der Waals surface area (Å²) < 4.78 is 5.43. The molecule has 0 bridgehead atoms. The SMILES string of the molecule is CC[C@H](C)[C@@H](C(=O)OCc1ccccc1C#N)N1C(=O)c2ccccc2C1=O. The van der Waals surface area contributed by atoms with Crippen molar-refractivity contribution < 1.29 is 19.1 Å². The lowest BCUT2D eigenvalue weighted by atomic mass is 9.97. The van der Waals surface area contributed by atoms with Gasteiger partial charge in [0.1, 0.15) is 12.6 Å². The Kier molecular flexibility index (Phi) is 5.55. The zero-order valence-electron chi connectivity index (χ0n) is 15.7. The highest BCUT2D eigenvalue weighted by Gasteiger charge is 2.45. The van der Waals surface area contributed by atoms with Gasteiger partial charge in [-0.25, -0.2) is 4.79 Å². The minimum absolute atomic E-state index is 0.0985. The number of hydrogen-bond acceptors (Lipinski definition) is 5. The summed E-state index contributed by atoms with van der Waals surface area (Å²) in [5, 5.41) is 9.17. The first-order valence-corrected chi connectivity index (χ1v) is 9.11. The lowest BCUT2D eigenvalue weighted by molar-refractivity contribution is -0.151. The van der Waals surface area contributed by atoms with Gasteiger partial charge in [0.05, 0.1) is 22.8 Å². The molecule has 142 valence electrons. The normalized spacial score (nSPS) is 15.0. The fourth-order valence-electron chi connectivity index (χ4n) is 3.27. The van der Waals surface area contributed by atoms with E-state index in [0.717, 1.165) is 4.90 Å². The molecule has 2 atom stereocenters. The Morgan fingerprint density at radius 1 is 1.07 bits per heavy atom. The predicted octanol–water partition coefficient (Wildman–Crippen LogP) is 3.31. The van der Waals surface area contributed by atoms with Crippen LogP contribution in [0.4, 0.5) is 0 Å². The van der Waals surface area contributed by atoms with Crippen molar-refractivity contribution in [1.82, 2.24) is 4.90 Å². The van der Waals surface area contributed by atoms with Gasteiger partial charge in [-0.2, -0.15) is 5.26 Å². The number of nitriles is 1. The van der Waals surface area contributed by atoms with E-state index in [2.05, 4.69) is 6.07 Å². The molecule has 0 unspecified atom stereocenters. The molecule has 1 aliphatic heterocycles. The van der Waals surface area contributed by atoms with Crippen molar-refractivity contribution in [2.75, 3.05) is 0 Å². The molecule has 0 fully saturated rings. The first kappa shape index (κ1) is 19.3. The van der Waals surface area contributed by atoms with Gasteiger partial charge in [0.25, 0.3) is 11.8 Å². The maximum atomic E-state index is 12.9. The number of ether oxygens (including phenoxy) is 1. The van der Waals surface area contributed by atoms with E-state index in [4.69, 9.17) is 4.74 Å². The van der Waals surface area contributed by atoms with E-state index in [-0.39, 0.29) is 12.5 Å². The fourth-order valence-corrected chi connectivity index (χ4v) is 3.27. The minimum Gasteiger partial charge on any atom is -0.459 e. The van der Waals surface area contributed by atoms with Gasteiger partial charge in [-0.3, -0.25) is 14.5 Å². The number of carbonyl (C=O) groups excluding carboxylic acids is 3. The second-order valence-corrected chi connectivity index (χ2v) is 6.73. The monoisotopic (exact) mass is 376 g/mol. The van der Waals surface area contributed by atoms with E-state index in [9.17, 15) is 19.6 Å². The van der Waals surface area contributed by atoms with Gasteiger partial charge in [0, 0.05) is 5.56 Å². The molecule has 0 spiro atoms. The summed E-state index contributed by atoms with van der Waals surface area (Å²) in [6.07, 6.45) is 0.585. The third-order valence-electron chi connectivity index (χ3n) is 5.04. The average molecular weight is 376 g/mol. The molecule has 2 aromatic rings. The van der Waals surface area contributed by atoms with E-state index in [1.54, 1.807) is 55.5 Å². The molecule has 0 radical (unpaired) electrons. The van der Waals surface area contributed by atoms with E-state index in [1.165, 1.54) is 0 Å². The molecule has 0 aromatic heterocycles. The van der Waals surface area contributed by atoms with Crippen molar-refractivity contribution in [3.8, 4) is 6.07 Å². The third-order valence-corrected chi connectivity index (χ3v) is 5.04. The summed E-state index contributed by atoms with van der Waals surface area (Å²) in [6, 6.07) is 14.4. The fraction of sp³-hybridized carbons (Fsp3) is 0.273. The van der Waals surface area contributed by atoms with Crippen molar-refractivity contribution in [3.05, 3.63) is 70.8 Å². The molecule has 0 saturated carbocycles. The quantitative estimate of drug-likeness (QED) is 0.570. The van der Waals surface area contributed by atoms with Crippen LogP contribution in [0.15, 0.2) is 48.5 Å². The largest absolute Gasteiger partial charge is 0.459 e. The maximum absolute atomic E-state index is 12.9. The Hall–Kier alpha value is -3.46. The van der Waals surface area contributed by atoms with Gasteiger partial charge in [-0.05, 0) is 24.1 Å². The van der Waals surface area contributed by atoms with Crippen LogP contribution in [0.5, 0.6) is 0 Å². The molecule has 1 aliphatic rings. The highest BCUT2D eigenvalue weighted by Crippen LogP contribution is 2.29. The van der Waals surface area contributed by atoms with E-state index in [0.29, 0.717) is 28.7 Å². The van der Waals surface area contributed by atoms with Gasteiger partial charge in [0.15, 0.2) is 0 Å². The van der Waals surface area contributed by atoms with E-state index >= 15 is 0 Å². The molecular weight excluding hydrogens is 356 g/mol. The molecule has 0 aliphatic carbocycles. The highest BCUT2D eigenvalue weighted by atomic mass is 16.5. The molecule has 2 amide bonds. The van der Waals surface area contributed by atoms with Crippen LogP contribution in [0.2, 0.25) is 0 Å². The zero-order chi connectivity index (χ0) is 20.3. The van der Waals surface area contributed by atoms with Crippen molar-refractivity contribution in [2.24, 2.45) is 5.92 Å². The minimum atomic E-state index is -1.02.